The molecule has 0 radical (unpaired) electrons. The van der Waals surface area contributed by atoms with Gasteiger partial charge in [-0.2, -0.15) is 0 Å². The van der Waals surface area contributed by atoms with Gasteiger partial charge in [0.05, 0.1) is 23.4 Å². The molecule has 0 bridgehead atoms. The molecule has 0 spiro atoms. The SMILES string of the molecule is COc1cccc(C(N)=O)c1OCC(=O)Nc1c(C)cccc1Cl. The summed E-state index contributed by atoms with van der Waals surface area (Å²) in [7, 11) is 1.43. The highest BCUT2D eigenvalue weighted by molar-refractivity contribution is 6.33. The highest BCUT2D eigenvalue weighted by Gasteiger charge is 2.17. The molecule has 0 fully saturated rings. The second-order valence-electron chi connectivity index (χ2n) is 4.97. The van der Waals surface area contributed by atoms with Gasteiger partial charge in [-0.15, -0.1) is 0 Å². The maximum atomic E-state index is 12.1. The fraction of sp³-hybridized carbons (Fsp3) is 0.176. The van der Waals surface area contributed by atoms with E-state index in [9.17, 15) is 9.59 Å². The number of carbonyl (C=O) groups is 2. The van der Waals surface area contributed by atoms with E-state index < -0.39 is 11.8 Å². The van der Waals surface area contributed by atoms with E-state index in [0.717, 1.165) is 5.56 Å². The number of carbonyl (C=O) groups excluding carboxylic acids is 2. The zero-order valence-corrected chi connectivity index (χ0v) is 14.0. The summed E-state index contributed by atoms with van der Waals surface area (Å²) >= 11 is 6.07. The third kappa shape index (κ3) is 3.97. The van der Waals surface area contributed by atoms with Gasteiger partial charge in [-0.1, -0.05) is 29.8 Å². The van der Waals surface area contributed by atoms with Crippen molar-refractivity contribution in [3.8, 4) is 11.5 Å². The average molecular weight is 349 g/mol. The minimum atomic E-state index is -0.675. The van der Waals surface area contributed by atoms with Gasteiger partial charge >= 0.3 is 0 Å². The minimum absolute atomic E-state index is 0.124. The molecule has 0 saturated carbocycles. The Morgan fingerprint density at radius 1 is 1.21 bits per heavy atom. The molecule has 0 aliphatic heterocycles. The summed E-state index contributed by atoms with van der Waals surface area (Å²) < 4.78 is 10.6. The summed E-state index contributed by atoms with van der Waals surface area (Å²) in [6.07, 6.45) is 0. The predicted molar refractivity (Wildman–Crippen MR) is 91.8 cm³/mol. The fourth-order valence-corrected chi connectivity index (χ4v) is 2.39. The lowest BCUT2D eigenvalue weighted by molar-refractivity contribution is -0.118. The molecule has 0 atom stereocenters. The maximum absolute atomic E-state index is 12.1. The van der Waals surface area contributed by atoms with Crippen molar-refractivity contribution < 1.29 is 19.1 Å². The zero-order chi connectivity index (χ0) is 17.7. The normalized spacial score (nSPS) is 10.1. The largest absolute Gasteiger partial charge is 0.493 e. The second-order valence-corrected chi connectivity index (χ2v) is 5.38. The highest BCUT2D eigenvalue weighted by atomic mass is 35.5. The maximum Gasteiger partial charge on any atom is 0.262 e. The second kappa shape index (κ2) is 7.70. The number of anilines is 1. The van der Waals surface area contributed by atoms with Crippen LogP contribution in [0.5, 0.6) is 11.5 Å². The van der Waals surface area contributed by atoms with E-state index in [2.05, 4.69) is 5.32 Å². The first kappa shape index (κ1) is 17.6. The Balaban J connectivity index is 2.14. The molecule has 0 aliphatic rings. The third-order valence-corrected chi connectivity index (χ3v) is 3.61. The van der Waals surface area contributed by atoms with Crippen LogP contribution in [0.4, 0.5) is 5.69 Å². The number of amides is 2. The Morgan fingerprint density at radius 2 is 1.92 bits per heavy atom. The van der Waals surface area contributed by atoms with Gasteiger partial charge in [0.25, 0.3) is 11.8 Å². The van der Waals surface area contributed by atoms with Crippen molar-refractivity contribution in [1.82, 2.24) is 0 Å². The molecule has 3 N–H and O–H groups in total. The summed E-state index contributed by atoms with van der Waals surface area (Å²) in [4.78, 5) is 23.6. The van der Waals surface area contributed by atoms with E-state index in [1.807, 2.05) is 13.0 Å². The molecular formula is C17H17ClN2O4. The lowest BCUT2D eigenvalue weighted by Crippen LogP contribution is -2.22. The van der Waals surface area contributed by atoms with Crippen molar-refractivity contribution in [3.05, 3.63) is 52.5 Å². The molecule has 2 rings (SSSR count). The van der Waals surface area contributed by atoms with Gasteiger partial charge in [0.2, 0.25) is 0 Å². The number of halogens is 1. The average Bonchev–Trinajstić information content (AvgIpc) is 2.56. The molecule has 2 aromatic carbocycles. The number of benzene rings is 2. The van der Waals surface area contributed by atoms with E-state index in [4.69, 9.17) is 26.8 Å². The molecule has 0 heterocycles. The molecule has 24 heavy (non-hydrogen) atoms. The Bertz CT molecular complexity index is 757. The summed E-state index contributed by atoms with van der Waals surface area (Å²) in [6.45, 7) is 1.50. The lowest BCUT2D eigenvalue weighted by atomic mass is 10.2. The first-order valence-electron chi connectivity index (χ1n) is 7.08. The Morgan fingerprint density at radius 3 is 2.54 bits per heavy atom. The summed E-state index contributed by atoms with van der Waals surface area (Å²) in [6, 6.07) is 10.0. The van der Waals surface area contributed by atoms with Gasteiger partial charge in [-0.3, -0.25) is 9.59 Å². The van der Waals surface area contributed by atoms with Crippen molar-refractivity contribution in [2.45, 2.75) is 6.92 Å². The van der Waals surface area contributed by atoms with Gasteiger partial charge in [0.1, 0.15) is 0 Å². The van der Waals surface area contributed by atoms with E-state index >= 15 is 0 Å². The number of hydrogen-bond donors (Lipinski definition) is 2. The molecule has 6 nitrogen and oxygen atoms in total. The Hall–Kier alpha value is -2.73. The molecule has 0 aliphatic carbocycles. The van der Waals surface area contributed by atoms with Crippen LogP contribution in [0.2, 0.25) is 5.02 Å². The van der Waals surface area contributed by atoms with Crippen LogP contribution < -0.4 is 20.5 Å². The molecule has 2 amide bonds. The number of para-hydroxylation sites is 2. The van der Waals surface area contributed by atoms with Gasteiger partial charge in [0.15, 0.2) is 18.1 Å². The first-order chi connectivity index (χ1) is 11.4. The topological polar surface area (TPSA) is 90.7 Å². The lowest BCUT2D eigenvalue weighted by Gasteiger charge is -2.14. The van der Waals surface area contributed by atoms with Crippen molar-refractivity contribution in [3.63, 3.8) is 0 Å². The number of methoxy groups -OCH3 is 1. The number of rotatable bonds is 6. The highest BCUT2D eigenvalue weighted by Crippen LogP contribution is 2.31. The Labute approximate surface area is 144 Å². The number of nitrogens with one attached hydrogen (secondary N) is 1. The summed E-state index contributed by atoms with van der Waals surface area (Å²) in [5.74, 6) is -0.662. The quantitative estimate of drug-likeness (QED) is 0.839. The van der Waals surface area contributed by atoms with Crippen LogP contribution in [0.15, 0.2) is 36.4 Å². The predicted octanol–water partition coefficient (Wildman–Crippen LogP) is 2.77. The van der Waals surface area contributed by atoms with Gasteiger partial charge in [-0.05, 0) is 30.7 Å². The number of hydrogen-bond acceptors (Lipinski definition) is 4. The zero-order valence-electron chi connectivity index (χ0n) is 13.3. The molecule has 0 aromatic heterocycles. The molecule has 2 aromatic rings. The number of aryl methyl sites for hydroxylation is 1. The third-order valence-electron chi connectivity index (χ3n) is 3.30. The number of primary amides is 1. The van der Waals surface area contributed by atoms with Crippen LogP contribution in [0.1, 0.15) is 15.9 Å². The van der Waals surface area contributed by atoms with Crippen LogP contribution in [0, 0.1) is 6.92 Å². The molecule has 7 heteroatoms. The fourth-order valence-electron chi connectivity index (χ4n) is 2.12. The van der Waals surface area contributed by atoms with Crippen LogP contribution >= 0.6 is 11.6 Å². The van der Waals surface area contributed by atoms with Crippen LogP contribution in [-0.4, -0.2) is 25.5 Å². The standard InChI is InChI=1S/C17H17ClN2O4/c1-10-5-3-7-12(18)15(10)20-14(21)9-24-16-11(17(19)22)6-4-8-13(16)23-2/h3-8H,9H2,1-2H3,(H2,19,22)(H,20,21). The first-order valence-corrected chi connectivity index (χ1v) is 7.46. The van der Waals surface area contributed by atoms with Gasteiger partial charge in [-0.25, -0.2) is 0 Å². The van der Waals surface area contributed by atoms with Crippen LogP contribution in [0.25, 0.3) is 0 Å². The van der Waals surface area contributed by atoms with Gasteiger partial charge in [0, 0.05) is 0 Å². The monoisotopic (exact) mass is 348 g/mol. The summed E-state index contributed by atoms with van der Waals surface area (Å²) in [5, 5.41) is 3.11. The molecular weight excluding hydrogens is 332 g/mol. The molecule has 0 saturated heterocycles. The van der Waals surface area contributed by atoms with E-state index in [-0.39, 0.29) is 17.9 Å². The molecule has 126 valence electrons. The van der Waals surface area contributed by atoms with Crippen LogP contribution in [0.3, 0.4) is 0 Å². The van der Waals surface area contributed by atoms with Gasteiger partial charge < -0.3 is 20.5 Å². The van der Waals surface area contributed by atoms with Crippen molar-refractivity contribution in [1.29, 1.82) is 0 Å². The number of ether oxygens (including phenoxy) is 2. The summed E-state index contributed by atoms with van der Waals surface area (Å²) in [5.41, 5.74) is 6.79. The van der Waals surface area contributed by atoms with E-state index in [1.165, 1.54) is 13.2 Å². The van der Waals surface area contributed by atoms with Crippen molar-refractivity contribution in [2.24, 2.45) is 5.73 Å². The molecule has 0 unspecified atom stereocenters. The van der Waals surface area contributed by atoms with Crippen LogP contribution in [-0.2, 0) is 4.79 Å². The van der Waals surface area contributed by atoms with E-state index in [1.54, 1.807) is 24.3 Å². The minimum Gasteiger partial charge on any atom is -0.493 e. The van der Waals surface area contributed by atoms with Crippen molar-refractivity contribution in [2.75, 3.05) is 19.0 Å². The van der Waals surface area contributed by atoms with E-state index in [0.29, 0.717) is 16.5 Å². The smallest absolute Gasteiger partial charge is 0.262 e. The number of nitrogens with two attached hydrogens (primary N) is 1. The Kier molecular flexibility index (Phi) is 5.65. The van der Waals surface area contributed by atoms with Crippen molar-refractivity contribution >= 4 is 29.1 Å².